The van der Waals surface area contributed by atoms with Crippen molar-refractivity contribution in [2.75, 3.05) is 50.7 Å². The first-order valence-electron chi connectivity index (χ1n) is 11.4. The minimum atomic E-state index is -0.304. The maximum absolute atomic E-state index is 13.3. The zero-order valence-corrected chi connectivity index (χ0v) is 22.1. The van der Waals surface area contributed by atoms with Gasteiger partial charge in [0.25, 0.3) is 0 Å². The lowest BCUT2D eigenvalue weighted by molar-refractivity contribution is 0.223. The summed E-state index contributed by atoms with van der Waals surface area (Å²) in [6.45, 7) is 13.3. The van der Waals surface area contributed by atoms with Crippen molar-refractivity contribution in [1.82, 2.24) is 20.5 Å². The first-order valence-corrected chi connectivity index (χ1v) is 11.4. The fourth-order valence-corrected chi connectivity index (χ4v) is 3.59. The quantitative estimate of drug-likeness (QED) is 0.274. The molecule has 1 unspecified atom stereocenters. The number of nitrogens with one attached hydrogen (secondary N) is 2. The van der Waals surface area contributed by atoms with Gasteiger partial charge < -0.3 is 25.2 Å². The topological polar surface area (TPSA) is 65.0 Å². The molecule has 9 heteroatoms. The summed E-state index contributed by atoms with van der Waals surface area (Å²) in [5, 5.41) is 6.57. The van der Waals surface area contributed by atoms with E-state index in [4.69, 9.17) is 9.73 Å². The van der Waals surface area contributed by atoms with Crippen LogP contribution in [0.3, 0.4) is 0 Å². The summed E-state index contributed by atoms with van der Waals surface area (Å²) in [4.78, 5) is 14.1. The van der Waals surface area contributed by atoms with Crippen LogP contribution in [0.15, 0.2) is 47.6 Å². The number of hydrogen-bond acceptors (Lipinski definition) is 5. The molecule has 0 spiro atoms. The molecule has 7 nitrogen and oxygen atoms in total. The Morgan fingerprint density at radius 3 is 2.64 bits per heavy atom. The largest absolute Gasteiger partial charge is 0.489 e. The summed E-state index contributed by atoms with van der Waals surface area (Å²) in [6.07, 6.45) is 1.72. The van der Waals surface area contributed by atoms with E-state index >= 15 is 0 Å². The van der Waals surface area contributed by atoms with E-state index in [-0.39, 0.29) is 35.9 Å². The number of rotatable bonds is 9. The van der Waals surface area contributed by atoms with E-state index in [1.54, 1.807) is 12.1 Å². The van der Waals surface area contributed by atoms with Crippen LogP contribution in [0.5, 0.6) is 5.75 Å². The Bertz CT molecular complexity index is 876. The van der Waals surface area contributed by atoms with E-state index in [0.29, 0.717) is 18.8 Å². The second kappa shape index (κ2) is 14.2. The van der Waals surface area contributed by atoms with Gasteiger partial charge in [0.15, 0.2) is 5.96 Å². The van der Waals surface area contributed by atoms with Crippen molar-refractivity contribution in [2.24, 2.45) is 4.99 Å². The molecule has 1 fully saturated rings. The summed E-state index contributed by atoms with van der Waals surface area (Å²) in [6, 6.07) is 10.3. The van der Waals surface area contributed by atoms with E-state index in [0.717, 1.165) is 56.6 Å². The molecule has 2 N–H and O–H groups in total. The standard InChI is InChI=1S/C24H35FN6O.HI/c1-4-26-24(28-17-19(3)32-22-8-6-7-21(25)16-22)29-18-20-9-10-27-23(15-20)31-13-11-30(5-2)12-14-31;/h6-10,15-16,19H,4-5,11-14,17-18H2,1-3H3,(H2,26,28,29);1H. The van der Waals surface area contributed by atoms with E-state index < -0.39 is 0 Å². The number of anilines is 1. The number of nitrogens with zero attached hydrogens (tertiary/aromatic N) is 4. The van der Waals surface area contributed by atoms with Gasteiger partial charge in [-0.2, -0.15) is 0 Å². The van der Waals surface area contributed by atoms with Crippen molar-refractivity contribution in [3.63, 3.8) is 0 Å². The van der Waals surface area contributed by atoms with Crippen molar-refractivity contribution in [3.05, 3.63) is 54.0 Å². The first kappa shape index (κ1) is 27.1. The van der Waals surface area contributed by atoms with Gasteiger partial charge in [-0.05, 0) is 50.2 Å². The molecular weight excluding hydrogens is 534 g/mol. The zero-order chi connectivity index (χ0) is 22.8. The average molecular weight is 570 g/mol. The Labute approximate surface area is 213 Å². The lowest BCUT2D eigenvalue weighted by Crippen LogP contribution is -2.46. The third-order valence-corrected chi connectivity index (χ3v) is 5.41. The number of hydrogen-bond donors (Lipinski definition) is 2. The molecule has 0 saturated carbocycles. The van der Waals surface area contributed by atoms with Crippen molar-refractivity contribution in [3.8, 4) is 5.75 Å². The first-order chi connectivity index (χ1) is 15.6. The number of aliphatic imine (C=N–C) groups is 1. The smallest absolute Gasteiger partial charge is 0.191 e. The molecule has 1 atom stereocenters. The molecule has 1 aliphatic rings. The molecule has 0 amide bonds. The highest BCUT2D eigenvalue weighted by atomic mass is 127. The number of aromatic nitrogens is 1. The lowest BCUT2D eigenvalue weighted by Gasteiger charge is -2.34. The van der Waals surface area contributed by atoms with Crippen LogP contribution in [0.25, 0.3) is 0 Å². The summed E-state index contributed by atoms with van der Waals surface area (Å²) in [5.74, 6) is 1.95. The Kier molecular flexibility index (Phi) is 11.7. The van der Waals surface area contributed by atoms with Crippen LogP contribution in [0.2, 0.25) is 0 Å². The SMILES string of the molecule is CCNC(=NCc1ccnc(N2CCN(CC)CC2)c1)NCC(C)Oc1cccc(F)c1.I. The average Bonchev–Trinajstić information content (AvgIpc) is 2.81. The van der Waals surface area contributed by atoms with Gasteiger partial charge in [0.05, 0.1) is 13.1 Å². The highest BCUT2D eigenvalue weighted by Gasteiger charge is 2.16. The molecule has 0 bridgehead atoms. The van der Waals surface area contributed by atoms with Crippen molar-refractivity contribution in [2.45, 2.75) is 33.4 Å². The Morgan fingerprint density at radius 2 is 1.94 bits per heavy atom. The van der Waals surface area contributed by atoms with Crippen LogP contribution in [-0.4, -0.2) is 67.8 Å². The molecule has 33 heavy (non-hydrogen) atoms. The number of pyridine rings is 1. The molecular formula is C24H36FIN6O. The monoisotopic (exact) mass is 570 g/mol. The van der Waals surface area contributed by atoms with Crippen molar-refractivity contribution in [1.29, 1.82) is 0 Å². The van der Waals surface area contributed by atoms with Crippen LogP contribution in [0.1, 0.15) is 26.3 Å². The summed E-state index contributed by atoms with van der Waals surface area (Å²) in [5.41, 5.74) is 1.12. The van der Waals surface area contributed by atoms with Crippen molar-refractivity contribution < 1.29 is 9.13 Å². The molecule has 0 radical (unpaired) electrons. The minimum Gasteiger partial charge on any atom is -0.489 e. The Balaban J connectivity index is 0.00000385. The number of piperazine rings is 1. The number of ether oxygens (including phenoxy) is 1. The molecule has 2 heterocycles. The molecule has 1 aromatic carbocycles. The second-order valence-corrected chi connectivity index (χ2v) is 7.91. The summed E-state index contributed by atoms with van der Waals surface area (Å²) < 4.78 is 19.1. The molecule has 182 valence electrons. The van der Waals surface area contributed by atoms with E-state index in [1.807, 2.05) is 26.1 Å². The zero-order valence-electron chi connectivity index (χ0n) is 19.8. The third-order valence-electron chi connectivity index (χ3n) is 5.41. The third kappa shape index (κ3) is 8.96. The molecule has 2 aromatic rings. The van der Waals surface area contributed by atoms with E-state index in [2.05, 4.69) is 38.4 Å². The fraction of sp³-hybridized carbons (Fsp3) is 0.500. The van der Waals surface area contributed by atoms with Gasteiger partial charge in [0, 0.05) is 45.0 Å². The number of guanidine groups is 1. The Morgan fingerprint density at radius 1 is 1.15 bits per heavy atom. The predicted octanol–water partition coefficient (Wildman–Crippen LogP) is 3.50. The van der Waals surface area contributed by atoms with Crippen LogP contribution >= 0.6 is 24.0 Å². The van der Waals surface area contributed by atoms with Gasteiger partial charge in [-0.25, -0.2) is 14.4 Å². The van der Waals surface area contributed by atoms with Crippen LogP contribution < -0.4 is 20.3 Å². The van der Waals surface area contributed by atoms with Crippen LogP contribution in [-0.2, 0) is 6.54 Å². The summed E-state index contributed by atoms with van der Waals surface area (Å²) in [7, 11) is 0. The second-order valence-electron chi connectivity index (χ2n) is 7.91. The normalized spacial score (nSPS) is 15.5. The van der Waals surface area contributed by atoms with Gasteiger partial charge in [-0.3, -0.25) is 0 Å². The van der Waals surface area contributed by atoms with Crippen LogP contribution in [0, 0.1) is 5.82 Å². The maximum Gasteiger partial charge on any atom is 0.191 e. The lowest BCUT2D eigenvalue weighted by atomic mass is 10.2. The highest BCUT2D eigenvalue weighted by Crippen LogP contribution is 2.16. The Hall–Kier alpha value is -2.14. The molecule has 1 aromatic heterocycles. The summed E-state index contributed by atoms with van der Waals surface area (Å²) >= 11 is 0. The van der Waals surface area contributed by atoms with Gasteiger partial charge in [0.1, 0.15) is 23.5 Å². The molecule has 1 aliphatic heterocycles. The van der Waals surface area contributed by atoms with Gasteiger partial charge in [0.2, 0.25) is 0 Å². The molecule has 3 rings (SSSR count). The maximum atomic E-state index is 13.3. The van der Waals surface area contributed by atoms with Gasteiger partial charge in [-0.15, -0.1) is 24.0 Å². The van der Waals surface area contributed by atoms with E-state index in [1.165, 1.54) is 12.1 Å². The van der Waals surface area contributed by atoms with Gasteiger partial charge >= 0.3 is 0 Å². The van der Waals surface area contributed by atoms with Gasteiger partial charge in [-0.1, -0.05) is 13.0 Å². The van der Waals surface area contributed by atoms with Crippen molar-refractivity contribution >= 4 is 35.8 Å². The number of likely N-dealkylation sites (N-methyl/N-ethyl adjacent to an activating group) is 1. The fourth-order valence-electron chi connectivity index (χ4n) is 3.59. The van der Waals surface area contributed by atoms with Crippen LogP contribution in [0.4, 0.5) is 10.2 Å². The number of halogens is 2. The van der Waals surface area contributed by atoms with E-state index in [9.17, 15) is 4.39 Å². The minimum absolute atomic E-state index is 0. The predicted molar refractivity (Wildman–Crippen MR) is 143 cm³/mol. The number of benzene rings is 1. The molecule has 1 saturated heterocycles. The highest BCUT2D eigenvalue weighted by molar-refractivity contribution is 14.0. The molecule has 0 aliphatic carbocycles.